The molecule has 0 bridgehead atoms. The second-order valence-electron chi connectivity index (χ2n) is 1.89. The predicted molar refractivity (Wildman–Crippen MR) is 33.7 cm³/mol. The molecule has 0 saturated carbocycles. The van der Waals surface area contributed by atoms with E-state index in [0.717, 1.165) is 10.6 Å². The first-order valence-corrected chi connectivity index (χ1v) is 2.80. The van der Waals surface area contributed by atoms with Gasteiger partial charge in [-0.3, -0.25) is 16.0 Å². The van der Waals surface area contributed by atoms with Crippen LogP contribution in [0.3, 0.4) is 0 Å². The van der Waals surface area contributed by atoms with E-state index in [1.807, 2.05) is 6.08 Å². The molecule has 0 aromatic heterocycles. The third-order valence-electron chi connectivity index (χ3n) is 1.21. The van der Waals surface area contributed by atoms with Gasteiger partial charge in [-0.2, -0.15) is 0 Å². The van der Waals surface area contributed by atoms with Gasteiger partial charge in [-0.15, -0.1) is 0 Å². The highest BCUT2D eigenvalue weighted by molar-refractivity contribution is 5.22. The summed E-state index contributed by atoms with van der Waals surface area (Å²) in [5.74, 6) is 0. The van der Waals surface area contributed by atoms with Crippen LogP contribution in [-0.2, 0) is 0 Å². The van der Waals surface area contributed by atoms with Crippen molar-refractivity contribution in [1.29, 1.82) is 0 Å². The van der Waals surface area contributed by atoms with Gasteiger partial charge in [0.1, 0.15) is 0 Å². The number of rotatable bonds is 1. The molecule has 0 fully saturated rings. The molecule has 0 atom stereocenters. The number of hydrogen-bond acceptors (Lipinski definition) is 2. The van der Waals surface area contributed by atoms with Gasteiger partial charge in [0.05, 0.1) is 6.54 Å². The maximum atomic E-state index is 8.76. The Balaban J connectivity index is 2.52. The highest BCUT2D eigenvalue weighted by atomic mass is 16.5. The van der Waals surface area contributed by atoms with Gasteiger partial charge in [0.25, 0.3) is 0 Å². The Kier molecular flexibility index (Phi) is 1.87. The van der Waals surface area contributed by atoms with E-state index >= 15 is 0 Å². The van der Waals surface area contributed by atoms with Crippen LogP contribution in [0.15, 0.2) is 23.9 Å². The predicted octanol–water partition coefficient (Wildman–Crippen LogP) is 0.414. The van der Waals surface area contributed by atoms with E-state index in [9.17, 15) is 0 Å². The molecule has 1 heterocycles. The molecule has 9 heavy (non-hydrogen) atoms. The van der Waals surface area contributed by atoms with Crippen molar-refractivity contribution in [3.05, 3.63) is 23.9 Å². The van der Waals surface area contributed by atoms with Gasteiger partial charge in [0.2, 0.25) is 0 Å². The summed E-state index contributed by atoms with van der Waals surface area (Å²) in [4.78, 5) is 0. The van der Waals surface area contributed by atoms with E-state index in [-0.39, 0.29) is 0 Å². The summed E-state index contributed by atoms with van der Waals surface area (Å²) in [6.07, 6.45) is 5.12. The largest absolute Gasteiger partial charge is 0.289 e. The van der Waals surface area contributed by atoms with Gasteiger partial charge in [-0.1, -0.05) is 6.08 Å². The van der Waals surface area contributed by atoms with Crippen LogP contribution in [-0.4, -0.2) is 23.4 Å². The first-order valence-electron chi connectivity index (χ1n) is 2.80. The lowest BCUT2D eigenvalue weighted by Gasteiger charge is -2.13. The van der Waals surface area contributed by atoms with Crippen molar-refractivity contribution in [2.75, 3.05) is 13.1 Å². The van der Waals surface area contributed by atoms with Crippen LogP contribution in [0.5, 0.6) is 0 Å². The standard InChI is InChI=1S/C6H9N2O/c7-5-6-1-3-8(9)4-2-6/h1-3,7,9H,4-5H2. The van der Waals surface area contributed by atoms with Gasteiger partial charge in [0.15, 0.2) is 0 Å². The van der Waals surface area contributed by atoms with Crippen molar-refractivity contribution in [1.82, 2.24) is 10.8 Å². The first-order chi connectivity index (χ1) is 4.33. The van der Waals surface area contributed by atoms with E-state index in [4.69, 9.17) is 10.9 Å². The quantitative estimate of drug-likeness (QED) is 0.552. The molecule has 0 aromatic carbocycles. The minimum Gasteiger partial charge on any atom is -0.289 e. The highest BCUT2D eigenvalue weighted by Gasteiger charge is 1.97. The summed E-state index contributed by atoms with van der Waals surface area (Å²) in [6.45, 7) is 0.801. The second-order valence-corrected chi connectivity index (χ2v) is 1.89. The molecule has 1 aliphatic heterocycles. The molecule has 1 rings (SSSR count). The molecular formula is C6H9N2O. The molecule has 3 nitrogen and oxygen atoms in total. The van der Waals surface area contributed by atoms with Crippen LogP contribution in [0.25, 0.3) is 0 Å². The minimum absolute atomic E-state index is 0.296. The fourth-order valence-corrected chi connectivity index (χ4v) is 0.653. The lowest BCUT2D eigenvalue weighted by atomic mass is 10.2. The van der Waals surface area contributed by atoms with Crippen LogP contribution in [0.4, 0.5) is 0 Å². The SMILES string of the molecule is [NH]CC1=CCN(O)C=C1. The molecule has 0 saturated heterocycles. The molecule has 0 unspecified atom stereocenters. The second kappa shape index (κ2) is 2.66. The number of hydrogen-bond donors (Lipinski definition) is 1. The lowest BCUT2D eigenvalue weighted by molar-refractivity contribution is -0.0306. The van der Waals surface area contributed by atoms with Gasteiger partial charge in [-0.25, -0.2) is 0 Å². The molecule has 0 spiro atoms. The van der Waals surface area contributed by atoms with Crippen molar-refractivity contribution < 1.29 is 5.21 Å². The maximum Gasteiger partial charge on any atom is 0.0633 e. The van der Waals surface area contributed by atoms with Gasteiger partial charge in [0, 0.05) is 12.7 Å². The van der Waals surface area contributed by atoms with Crippen molar-refractivity contribution in [2.24, 2.45) is 0 Å². The Hall–Kier alpha value is -0.800. The van der Waals surface area contributed by atoms with Crippen molar-refractivity contribution in [2.45, 2.75) is 0 Å². The normalized spacial score (nSPS) is 18.0. The third-order valence-corrected chi connectivity index (χ3v) is 1.21. The van der Waals surface area contributed by atoms with E-state index in [1.54, 1.807) is 12.3 Å². The zero-order valence-electron chi connectivity index (χ0n) is 5.04. The van der Waals surface area contributed by atoms with Crippen molar-refractivity contribution >= 4 is 0 Å². The van der Waals surface area contributed by atoms with Crippen LogP contribution in [0.1, 0.15) is 0 Å². The van der Waals surface area contributed by atoms with Gasteiger partial charge < -0.3 is 0 Å². The Labute approximate surface area is 54.0 Å². The minimum atomic E-state index is 0.296. The topological polar surface area (TPSA) is 47.3 Å². The summed E-state index contributed by atoms with van der Waals surface area (Å²) < 4.78 is 0. The fraction of sp³-hybridized carbons (Fsp3) is 0.333. The summed E-state index contributed by atoms with van der Waals surface area (Å²) in [7, 11) is 0. The molecular weight excluding hydrogens is 116 g/mol. The lowest BCUT2D eigenvalue weighted by Crippen LogP contribution is -2.15. The van der Waals surface area contributed by atoms with E-state index in [0.29, 0.717) is 13.1 Å². The number of hydroxylamine groups is 2. The van der Waals surface area contributed by atoms with E-state index < -0.39 is 0 Å². The summed E-state index contributed by atoms with van der Waals surface area (Å²) in [5.41, 5.74) is 7.90. The van der Waals surface area contributed by atoms with Crippen LogP contribution >= 0.6 is 0 Å². The molecule has 1 radical (unpaired) electrons. The summed E-state index contributed by atoms with van der Waals surface area (Å²) in [5, 5.41) is 9.85. The van der Waals surface area contributed by atoms with Crippen molar-refractivity contribution in [3.63, 3.8) is 0 Å². The Morgan fingerprint density at radius 3 is 3.00 bits per heavy atom. The first kappa shape index (κ1) is 6.32. The third kappa shape index (κ3) is 1.55. The molecule has 0 aliphatic carbocycles. The average Bonchev–Trinajstić information content (AvgIpc) is 1.90. The Bertz CT molecular complexity index is 151. The van der Waals surface area contributed by atoms with Gasteiger partial charge >= 0.3 is 0 Å². The highest BCUT2D eigenvalue weighted by Crippen LogP contribution is 2.02. The van der Waals surface area contributed by atoms with Crippen molar-refractivity contribution in [3.8, 4) is 0 Å². The molecule has 3 heteroatoms. The molecule has 0 amide bonds. The van der Waals surface area contributed by atoms with Gasteiger partial charge in [-0.05, 0) is 11.6 Å². The molecule has 0 aromatic rings. The molecule has 49 valence electrons. The smallest absolute Gasteiger partial charge is 0.0633 e. The molecule has 1 aliphatic rings. The summed E-state index contributed by atoms with van der Waals surface area (Å²) in [6, 6.07) is 0. The van der Waals surface area contributed by atoms with E-state index in [2.05, 4.69) is 0 Å². The van der Waals surface area contributed by atoms with Crippen LogP contribution in [0.2, 0.25) is 0 Å². The van der Waals surface area contributed by atoms with E-state index in [1.165, 1.54) is 0 Å². The monoisotopic (exact) mass is 125 g/mol. The number of nitrogens with zero attached hydrogens (tertiary/aromatic N) is 1. The fourth-order valence-electron chi connectivity index (χ4n) is 0.653. The molecule has 2 N–H and O–H groups in total. The average molecular weight is 125 g/mol. The number of nitrogens with one attached hydrogen (secondary N) is 1. The zero-order valence-corrected chi connectivity index (χ0v) is 5.04. The van der Waals surface area contributed by atoms with Crippen LogP contribution in [0, 0.1) is 0 Å². The Morgan fingerprint density at radius 2 is 2.56 bits per heavy atom. The summed E-state index contributed by atoms with van der Waals surface area (Å²) >= 11 is 0. The Morgan fingerprint density at radius 1 is 1.78 bits per heavy atom. The zero-order chi connectivity index (χ0) is 6.69. The van der Waals surface area contributed by atoms with Crippen LogP contribution < -0.4 is 5.73 Å². The maximum absolute atomic E-state index is 8.76.